The average molecular weight is 344 g/mol. The van der Waals surface area contributed by atoms with Crippen LogP contribution in [0.4, 0.5) is 5.82 Å². The fourth-order valence-electron chi connectivity index (χ4n) is 3.41. The highest BCUT2D eigenvalue weighted by atomic mass is 16.5. The number of nitrogens with zero attached hydrogens (tertiary/aromatic N) is 4. The third-order valence-electron chi connectivity index (χ3n) is 4.72. The SMILES string of the molecule is N#CC1(NC(=O)CN2CCO[C@@H](CNc3cccnn3)C2)CCCC1. The van der Waals surface area contributed by atoms with Crippen molar-refractivity contribution in [2.75, 3.05) is 38.1 Å². The molecule has 2 fully saturated rings. The lowest BCUT2D eigenvalue weighted by Crippen LogP contribution is -2.52. The molecule has 1 atom stereocenters. The zero-order valence-corrected chi connectivity index (χ0v) is 14.3. The number of carbonyl (C=O) groups is 1. The highest BCUT2D eigenvalue weighted by Crippen LogP contribution is 2.28. The molecule has 1 aromatic heterocycles. The van der Waals surface area contributed by atoms with Gasteiger partial charge >= 0.3 is 0 Å². The second-order valence-corrected chi connectivity index (χ2v) is 6.67. The number of rotatable bonds is 6. The quantitative estimate of drug-likeness (QED) is 0.776. The van der Waals surface area contributed by atoms with Crippen LogP contribution < -0.4 is 10.6 Å². The van der Waals surface area contributed by atoms with Gasteiger partial charge in [-0.25, -0.2) is 0 Å². The minimum absolute atomic E-state index is 0.0139. The van der Waals surface area contributed by atoms with Crippen molar-refractivity contribution in [3.8, 4) is 6.07 Å². The van der Waals surface area contributed by atoms with Crippen LogP contribution in [0, 0.1) is 11.3 Å². The Morgan fingerprint density at radius 2 is 2.32 bits per heavy atom. The summed E-state index contributed by atoms with van der Waals surface area (Å²) < 4.78 is 5.75. The molecule has 0 spiro atoms. The van der Waals surface area contributed by atoms with Gasteiger partial charge in [0.15, 0.2) is 0 Å². The first-order valence-corrected chi connectivity index (χ1v) is 8.77. The van der Waals surface area contributed by atoms with Crippen molar-refractivity contribution in [1.82, 2.24) is 20.4 Å². The summed E-state index contributed by atoms with van der Waals surface area (Å²) >= 11 is 0. The van der Waals surface area contributed by atoms with Gasteiger partial charge < -0.3 is 15.4 Å². The van der Waals surface area contributed by atoms with Gasteiger partial charge in [0, 0.05) is 25.8 Å². The number of aromatic nitrogens is 2. The van der Waals surface area contributed by atoms with Gasteiger partial charge in [0.2, 0.25) is 5.91 Å². The molecule has 2 heterocycles. The molecule has 1 aromatic rings. The summed E-state index contributed by atoms with van der Waals surface area (Å²) in [7, 11) is 0. The van der Waals surface area contributed by atoms with Crippen molar-refractivity contribution in [2.45, 2.75) is 37.3 Å². The van der Waals surface area contributed by atoms with Gasteiger partial charge in [0.25, 0.3) is 0 Å². The first kappa shape index (κ1) is 17.6. The van der Waals surface area contributed by atoms with Gasteiger partial charge in [-0.05, 0) is 37.8 Å². The number of morpholine rings is 1. The van der Waals surface area contributed by atoms with E-state index in [1.165, 1.54) is 0 Å². The summed E-state index contributed by atoms with van der Waals surface area (Å²) in [5.74, 6) is 0.629. The van der Waals surface area contributed by atoms with Gasteiger partial charge in [-0.3, -0.25) is 9.69 Å². The zero-order valence-electron chi connectivity index (χ0n) is 14.3. The van der Waals surface area contributed by atoms with Crippen molar-refractivity contribution in [3.63, 3.8) is 0 Å². The predicted octanol–water partition coefficient (Wildman–Crippen LogP) is 0.542. The van der Waals surface area contributed by atoms with E-state index in [1.807, 2.05) is 12.1 Å². The molecule has 1 aliphatic carbocycles. The van der Waals surface area contributed by atoms with E-state index in [2.05, 4.69) is 31.8 Å². The van der Waals surface area contributed by atoms with E-state index in [1.54, 1.807) is 6.20 Å². The third-order valence-corrected chi connectivity index (χ3v) is 4.72. The van der Waals surface area contributed by atoms with E-state index < -0.39 is 5.54 Å². The van der Waals surface area contributed by atoms with E-state index in [9.17, 15) is 10.1 Å². The van der Waals surface area contributed by atoms with Crippen molar-refractivity contribution in [2.24, 2.45) is 0 Å². The number of ether oxygens (including phenoxy) is 1. The molecule has 8 heteroatoms. The maximum Gasteiger partial charge on any atom is 0.235 e. The Morgan fingerprint density at radius 3 is 3.04 bits per heavy atom. The van der Waals surface area contributed by atoms with Crippen LogP contribution >= 0.6 is 0 Å². The molecule has 0 radical (unpaired) electrons. The van der Waals surface area contributed by atoms with Crippen molar-refractivity contribution >= 4 is 11.7 Å². The fraction of sp³-hybridized carbons (Fsp3) is 0.647. The second-order valence-electron chi connectivity index (χ2n) is 6.67. The number of anilines is 1. The van der Waals surface area contributed by atoms with Crippen molar-refractivity contribution in [1.29, 1.82) is 5.26 Å². The Morgan fingerprint density at radius 1 is 1.48 bits per heavy atom. The Balaban J connectivity index is 1.45. The van der Waals surface area contributed by atoms with Crippen LogP contribution in [-0.4, -0.2) is 65.4 Å². The maximum absolute atomic E-state index is 12.3. The number of nitriles is 1. The van der Waals surface area contributed by atoms with Crippen LogP contribution in [0.15, 0.2) is 18.3 Å². The summed E-state index contributed by atoms with van der Waals surface area (Å²) in [6.45, 7) is 2.88. The van der Waals surface area contributed by atoms with Crippen molar-refractivity contribution in [3.05, 3.63) is 18.3 Å². The van der Waals surface area contributed by atoms with E-state index in [4.69, 9.17) is 4.74 Å². The minimum Gasteiger partial charge on any atom is -0.374 e. The van der Waals surface area contributed by atoms with Gasteiger partial charge in [-0.15, -0.1) is 5.10 Å². The number of nitrogens with one attached hydrogen (secondary N) is 2. The number of amides is 1. The molecule has 134 valence electrons. The fourth-order valence-corrected chi connectivity index (χ4v) is 3.41. The molecule has 0 bridgehead atoms. The molecule has 1 aliphatic heterocycles. The number of hydrogen-bond donors (Lipinski definition) is 2. The molecular weight excluding hydrogens is 320 g/mol. The highest BCUT2D eigenvalue weighted by Gasteiger charge is 2.35. The summed E-state index contributed by atoms with van der Waals surface area (Å²) in [4.78, 5) is 14.4. The Bertz CT molecular complexity index is 611. The average Bonchev–Trinajstić information content (AvgIpc) is 3.10. The molecule has 0 aromatic carbocycles. The summed E-state index contributed by atoms with van der Waals surface area (Å²) in [5, 5.41) is 23.3. The normalized spacial score (nSPS) is 22.9. The van der Waals surface area contributed by atoms with Crippen LogP contribution in [0.3, 0.4) is 0 Å². The van der Waals surface area contributed by atoms with Crippen LogP contribution in [-0.2, 0) is 9.53 Å². The molecule has 1 saturated heterocycles. The molecule has 2 N–H and O–H groups in total. The Labute approximate surface area is 147 Å². The first-order valence-electron chi connectivity index (χ1n) is 8.77. The van der Waals surface area contributed by atoms with E-state index in [0.29, 0.717) is 38.6 Å². The molecule has 8 nitrogen and oxygen atoms in total. The van der Waals surface area contributed by atoms with Gasteiger partial charge in [0.05, 0.1) is 25.3 Å². The third kappa shape index (κ3) is 4.87. The van der Waals surface area contributed by atoms with Crippen LogP contribution in [0.25, 0.3) is 0 Å². The number of carbonyl (C=O) groups excluding carboxylic acids is 1. The molecule has 0 unspecified atom stereocenters. The van der Waals surface area contributed by atoms with E-state index in [0.717, 1.165) is 25.7 Å². The molecular formula is C17H24N6O2. The minimum atomic E-state index is -0.656. The Kier molecular flexibility index (Phi) is 5.79. The summed E-state index contributed by atoms with van der Waals surface area (Å²) in [6, 6.07) is 5.97. The zero-order chi connectivity index (χ0) is 17.5. The van der Waals surface area contributed by atoms with E-state index >= 15 is 0 Å². The van der Waals surface area contributed by atoms with Gasteiger partial charge in [-0.2, -0.15) is 10.4 Å². The van der Waals surface area contributed by atoms with Crippen LogP contribution in [0.2, 0.25) is 0 Å². The predicted molar refractivity (Wildman–Crippen MR) is 91.7 cm³/mol. The van der Waals surface area contributed by atoms with Gasteiger partial charge in [0.1, 0.15) is 11.4 Å². The first-order chi connectivity index (χ1) is 12.2. The highest BCUT2D eigenvalue weighted by molar-refractivity contribution is 5.79. The number of hydrogen-bond acceptors (Lipinski definition) is 7. The largest absolute Gasteiger partial charge is 0.374 e. The maximum atomic E-state index is 12.3. The van der Waals surface area contributed by atoms with Gasteiger partial charge in [-0.1, -0.05) is 0 Å². The molecule has 25 heavy (non-hydrogen) atoms. The molecule has 3 rings (SSSR count). The molecule has 1 amide bonds. The van der Waals surface area contributed by atoms with E-state index in [-0.39, 0.29) is 12.0 Å². The summed E-state index contributed by atoms with van der Waals surface area (Å²) in [5.41, 5.74) is -0.656. The monoisotopic (exact) mass is 344 g/mol. The standard InChI is InChI=1S/C17H24N6O2/c18-13-17(5-1-2-6-17)21-16(24)12-23-8-9-25-14(11-23)10-19-15-4-3-7-20-22-15/h3-4,7,14H,1-2,5-6,8-12H2,(H,19,22)(H,21,24)/t14-/m0/s1. The lowest BCUT2D eigenvalue weighted by molar-refractivity contribution is -0.125. The second kappa shape index (κ2) is 8.23. The Hall–Kier alpha value is -2.24. The lowest BCUT2D eigenvalue weighted by atomic mass is 10.00. The lowest BCUT2D eigenvalue weighted by Gasteiger charge is -2.33. The smallest absolute Gasteiger partial charge is 0.235 e. The van der Waals surface area contributed by atoms with Crippen LogP contribution in [0.5, 0.6) is 0 Å². The molecule has 1 saturated carbocycles. The molecule has 2 aliphatic rings. The summed E-state index contributed by atoms with van der Waals surface area (Å²) in [6.07, 6.45) is 5.12. The topological polar surface area (TPSA) is 103 Å². The van der Waals surface area contributed by atoms with Crippen molar-refractivity contribution < 1.29 is 9.53 Å². The van der Waals surface area contributed by atoms with Crippen LogP contribution in [0.1, 0.15) is 25.7 Å².